The smallest absolute Gasteiger partial charge is 0.419 e. The molecule has 1 aromatic carbocycles. The molecular weight excluding hydrogens is 313 g/mol. The molecule has 2 aliphatic rings. The average molecular weight is 334 g/mol. The highest BCUT2D eigenvalue weighted by molar-refractivity contribution is 5.44. The van der Waals surface area contributed by atoms with E-state index in [1.807, 2.05) is 18.2 Å². The SMILES string of the molecule is O[C@H](C[NH+]1CC[NH+](Cc2ccc3c(c2)OCO3)CC1)C(F)(F)F. The molecule has 0 saturated carbocycles. The number of quaternary nitrogens is 2. The van der Waals surface area contributed by atoms with Crippen molar-refractivity contribution in [1.82, 2.24) is 0 Å². The quantitative estimate of drug-likeness (QED) is 0.636. The van der Waals surface area contributed by atoms with E-state index in [0.717, 1.165) is 41.6 Å². The maximum Gasteiger partial charge on any atom is 0.419 e. The monoisotopic (exact) mass is 334 g/mol. The number of benzene rings is 1. The number of piperazine rings is 1. The highest BCUT2D eigenvalue weighted by Crippen LogP contribution is 2.32. The predicted octanol–water partition coefficient (Wildman–Crippen LogP) is -1.38. The van der Waals surface area contributed by atoms with Gasteiger partial charge in [-0.25, -0.2) is 0 Å². The summed E-state index contributed by atoms with van der Waals surface area (Å²) in [5.74, 6) is 1.50. The first-order valence-electron chi connectivity index (χ1n) is 7.72. The van der Waals surface area contributed by atoms with E-state index in [4.69, 9.17) is 14.6 Å². The molecule has 2 heterocycles. The van der Waals surface area contributed by atoms with Crippen molar-refractivity contribution in [3.05, 3.63) is 23.8 Å². The molecule has 1 aromatic rings. The van der Waals surface area contributed by atoms with Crippen LogP contribution in [0.1, 0.15) is 5.56 Å². The number of hydrogen-bond acceptors (Lipinski definition) is 3. The van der Waals surface area contributed by atoms with Crippen LogP contribution in [0.25, 0.3) is 0 Å². The fraction of sp³-hybridized carbons (Fsp3) is 0.600. The molecule has 1 fully saturated rings. The summed E-state index contributed by atoms with van der Waals surface area (Å²) in [5.41, 5.74) is 1.13. The molecule has 0 aliphatic carbocycles. The van der Waals surface area contributed by atoms with E-state index in [0.29, 0.717) is 13.1 Å². The van der Waals surface area contributed by atoms with Gasteiger partial charge in [0.1, 0.15) is 39.3 Å². The van der Waals surface area contributed by atoms with Crippen molar-refractivity contribution in [2.75, 3.05) is 39.5 Å². The minimum atomic E-state index is -4.52. The number of fused-ring (bicyclic) bond motifs is 1. The number of aliphatic hydroxyl groups excluding tert-OH is 1. The van der Waals surface area contributed by atoms with Crippen LogP contribution in [-0.4, -0.2) is 56.9 Å². The van der Waals surface area contributed by atoms with Gasteiger partial charge in [0, 0.05) is 5.56 Å². The third kappa shape index (κ3) is 4.07. The normalized spacial score (nSPS) is 25.4. The Bertz CT molecular complexity index is 545. The van der Waals surface area contributed by atoms with Crippen LogP contribution in [0, 0.1) is 0 Å². The van der Waals surface area contributed by atoms with Gasteiger partial charge in [-0.3, -0.25) is 0 Å². The Morgan fingerprint density at radius 3 is 2.39 bits per heavy atom. The first kappa shape index (κ1) is 16.4. The van der Waals surface area contributed by atoms with Crippen LogP contribution in [0.4, 0.5) is 13.2 Å². The highest BCUT2D eigenvalue weighted by atomic mass is 19.4. The molecule has 0 bridgehead atoms. The van der Waals surface area contributed by atoms with Gasteiger partial charge in [0.25, 0.3) is 0 Å². The molecule has 5 nitrogen and oxygen atoms in total. The number of rotatable bonds is 4. The summed E-state index contributed by atoms with van der Waals surface area (Å²) in [5, 5.41) is 9.15. The van der Waals surface area contributed by atoms with Crippen molar-refractivity contribution in [2.45, 2.75) is 18.8 Å². The number of nitrogens with one attached hydrogen (secondary N) is 2. The van der Waals surface area contributed by atoms with Crippen LogP contribution in [0.5, 0.6) is 11.5 Å². The summed E-state index contributed by atoms with van der Waals surface area (Å²) in [4.78, 5) is 2.14. The molecular formula is C15H21F3N2O3+2. The second-order valence-electron chi connectivity index (χ2n) is 6.13. The Morgan fingerprint density at radius 2 is 1.70 bits per heavy atom. The largest absolute Gasteiger partial charge is 0.454 e. The summed E-state index contributed by atoms with van der Waals surface area (Å²) in [6, 6.07) is 5.84. The van der Waals surface area contributed by atoms with Gasteiger partial charge < -0.3 is 24.4 Å². The number of halogens is 3. The minimum absolute atomic E-state index is 0.245. The van der Waals surface area contributed by atoms with Gasteiger partial charge in [-0.1, -0.05) is 0 Å². The van der Waals surface area contributed by atoms with Crippen molar-refractivity contribution in [3.8, 4) is 11.5 Å². The maximum absolute atomic E-state index is 12.4. The lowest BCUT2D eigenvalue weighted by molar-refractivity contribution is -1.02. The summed E-state index contributed by atoms with van der Waals surface area (Å²) in [6.45, 7) is 3.63. The number of hydrogen-bond donors (Lipinski definition) is 3. The molecule has 0 unspecified atom stereocenters. The third-order valence-corrected chi connectivity index (χ3v) is 4.42. The lowest BCUT2D eigenvalue weighted by Crippen LogP contribution is -3.28. The van der Waals surface area contributed by atoms with E-state index in [1.54, 1.807) is 0 Å². The zero-order valence-electron chi connectivity index (χ0n) is 12.7. The van der Waals surface area contributed by atoms with Crippen LogP contribution in [0.3, 0.4) is 0 Å². The van der Waals surface area contributed by atoms with Gasteiger partial charge in [0.2, 0.25) is 6.79 Å². The summed E-state index contributed by atoms with van der Waals surface area (Å²) in [6.07, 6.45) is -6.75. The molecule has 2 aliphatic heterocycles. The van der Waals surface area contributed by atoms with Gasteiger partial charge in [-0.05, 0) is 18.2 Å². The molecule has 23 heavy (non-hydrogen) atoms. The van der Waals surface area contributed by atoms with Crippen LogP contribution in [0.15, 0.2) is 18.2 Å². The van der Waals surface area contributed by atoms with Crippen LogP contribution < -0.4 is 19.3 Å². The van der Waals surface area contributed by atoms with Crippen LogP contribution in [0.2, 0.25) is 0 Å². The summed E-state index contributed by atoms with van der Waals surface area (Å²) < 4.78 is 47.8. The predicted molar refractivity (Wildman–Crippen MR) is 74.6 cm³/mol. The van der Waals surface area contributed by atoms with Crippen molar-refractivity contribution < 1.29 is 37.6 Å². The molecule has 0 aromatic heterocycles. The van der Waals surface area contributed by atoms with Crippen molar-refractivity contribution in [3.63, 3.8) is 0 Å². The molecule has 0 amide bonds. The lowest BCUT2D eigenvalue weighted by atomic mass is 10.1. The van der Waals surface area contributed by atoms with Crippen molar-refractivity contribution >= 4 is 0 Å². The number of alkyl halides is 3. The Labute approximate surface area is 132 Å². The van der Waals surface area contributed by atoms with Crippen molar-refractivity contribution in [2.24, 2.45) is 0 Å². The van der Waals surface area contributed by atoms with E-state index in [-0.39, 0.29) is 13.3 Å². The molecule has 3 rings (SSSR count). The number of aliphatic hydroxyl groups is 1. The second kappa shape index (κ2) is 6.54. The van der Waals surface area contributed by atoms with Crippen LogP contribution in [-0.2, 0) is 6.54 Å². The Kier molecular flexibility index (Phi) is 4.65. The zero-order valence-corrected chi connectivity index (χ0v) is 12.7. The molecule has 128 valence electrons. The van der Waals surface area contributed by atoms with E-state index in [1.165, 1.54) is 4.90 Å². The topological polar surface area (TPSA) is 47.6 Å². The van der Waals surface area contributed by atoms with E-state index in [2.05, 4.69) is 0 Å². The maximum atomic E-state index is 12.4. The van der Waals surface area contributed by atoms with E-state index >= 15 is 0 Å². The van der Waals surface area contributed by atoms with Gasteiger partial charge in [0.05, 0.1) is 0 Å². The Hall–Kier alpha value is -1.51. The summed E-state index contributed by atoms with van der Waals surface area (Å²) in [7, 11) is 0. The molecule has 8 heteroatoms. The Balaban J connectivity index is 1.48. The standard InChI is InChI=1S/C15H19F3N2O3/c16-15(17,18)14(21)9-20-5-3-19(4-6-20)8-11-1-2-12-13(7-11)23-10-22-12/h1-2,7,14,21H,3-6,8-10H2/p+2/t14-/m1/s1. The van der Waals surface area contributed by atoms with Gasteiger partial charge in [0.15, 0.2) is 17.6 Å². The Morgan fingerprint density at radius 1 is 1.04 bits per heavy atom. The van der Waals surface area contributed by atoms with Gasteiger partial charge in [-0.2, -0.15) is 13.2 Å². The molecule has 1 atom stereocenters. The molecule has 0 spiro atoms. The van der Waals surface area contributed by atoms with E-state index in [9.17, 15) is 13.2 Å². The number of ether oxygens (including phenoxy) is 2. The van der Waals surface area contributed by atoms with E-state index < -0.39 is 12.3 Å². The average Bonchev–Trinajstić information content (AvgIpc) is 2.96. The third-order valence-electron chi connectivity index (χ3n) is 4.42. The molecule has 1 saturated heterocycles. The fourth-order valence-corrected chi connectivity index (χ4v) is 3.07. The van der Waals surface area contributed by atoms with Crippen LogP contribution >= 0.6 is 0 Å². The molecule has 0 radical (unpaired) electrons. The second-order valence-corrected chi connectivity index (χ2v) is 6.13. The molecule has 3 N–H and O–H groups in total. The zero-order chi connectivity index (χ0) is 16.4. The van der Waals surface area contributed by atoms with Gasteiger partial charge >= 0.3 is 6.18 Å². The fourth-order valence-electron chi connectivity index (χ4n) is 3.07. The highest BCUT2D eigenvalue weighted by Gasteiger charge is 2.41. The van der Waals surface area contributed by atoms with Crippen molar-refractivity contribution in [1.29, 1.82) is 0 Å². The van der Waals surface area contributed by atoms with Gasteiger partial charge in [-0.15, -0.1) is 0 Å². The summed E-state index contributed by atoms with van der Waals surface area (Å²) >= 11 is 0. The first-order valence-corrected chi connectivity index (χ1v) is 7.72. The lowest BCUT2D eigenvalue weighted by Gasteiger charge is -2.31. The first-order chi connectivity index (χ1) is 10.9. The minimum Gasteiger partial charge on any atom is -0.454 e.